The summed E-state index contributed by atoms with van der Waals surface area (Å²) in [5.74, 6) is 0.906. The van der Waals surface area contributed by atoms with E-state index in [9.17, 15) is 5.11 Å². The highest BCUT2D eigenvalue weighted by Gasteiger charge is 2.24. The Labute approximate surface area is 118 Å². The van der Waals surface area contributed by atoms with Crippen LogP contribution in [0, 0.1) is 0 Å². The van der Waals surface area contributed by atoms with Crippen LogP contribution in [0.4, 0.5) is 5.82 Å². The molecule has 1 fully saturated rings. The van der Waals surface area contributed by atoms with E-state index < -0.39 is 0 Å². The molecule has 0 aliphatic carbocycles. The number of nitrogens with zero attached hydrogens (tertiary/aromatic N) is 3. The van der Waals surface area contributed by atoms with Crippen LogP contribution in [0.15, 0.2) is 42.6 Å². The van der Waals surface area contributed by atoms with Gasteiger partial charge in [0.2, 0.25) is 0 Å². The van der Waals surface area contributed by atoms with Gasteiger partial charge < -0.3 is 14.7 Å². The molecule has 1 aliphatic rings. The number of aromatic nitrogens is 2. The maximum absolute atomic E-state index is 9.41. The van der Waals surface area contributed by atoms with Crippen LogP contribution < -0.4 is 4.90 Å². The summed E-state index contributed by atoms with van der Waals surface area (Å²) in [6, 6.07) is 12.3. The van der Waals surface area contributed by atoms with Crippen LogP contribution >= 0.6 is 0 Å². The second-order valence-electron chi connectivity index (χ2n) is 4.96. The molecule has 106 valence electrons. The fraction of sp³-hybridized carbons (Fsp3) is 0.400. The topological polar surface area (TPSA) is 50.5 Å². The maximum Gasteiger partial charge on any atom is 0.151 e. The summed E-state index contributed by atoms with van der Waals surface area (Å²) >= 11 is 0. The highest BCUT2D eigenvalue weighted by atomic mass is 16.5. The van der Waals surface area contributed by atoms with Crippen LogP contribution in [0.2, 0.25) is 0 Å². The van der Waals surface area contributed by atoms with Gasteiger partial charge in [-0.05, 0) is 5.56 Å². The Balaban J connectivity index is 1.73. The number of ether oxygens (including phenoxy) is 1. The fourth-order valence-corrected chi connectivity index (χ4v) is 2.47. The third kappa shape index (κ3) is 2.84. The SMILES string of the molecule is OCC1COCCN1c1ccn(Cc2ccccc2)n1. The Kier molecular flexibility index (Phi) is 3.99. The molecule has 1 aromatic carbocycles. The summed E-state index contributed by atoms with van der Waals surface area (Å²) in [6.45, 7) is 2.86. The van der Waals surface area contributed by atoms with Gasteiger partial charge in [0.25, 0.3) is 0 Å². The molecule has 1 unspecified atom stereocenters. The molecule has 3 rings (SSSR count). The molecule has 0 saturated carbocycles. The first-order chi connectivity index (χ1) is 9.86. The summed E-state index contributed by atoms with van der Waals surface area (Å²) in [5, 5.41) is 14.0. The number of aliphatic hydroxyl groups is 1. The maximum atomic E-state index is 9.41. The Morgan fingerprint density at radius 2 is 2.10 bits per heavy atom. The smallest absolute Gasteiger partial charge is 0.151 e. The van der Waals surface area contributed by atoms with Gasteiger partial charge in [0, 0.05) is 18.8 Å². The first-order valence-electron chi connectivity index (χ1n) is 6.89. The average Bonchev–Trinajstić information content (AvgIpc) is 2.96. The average molecular weight is 273 g/mol. The van der Waals surface area contributed by atoms with E-state index in [-0.39, 0.29) is 12.6 Å². The molecule has 2 heterocycles. The first-order valence-corrected chi connectivity index (χ1v) is 6.89. The van der Waals surface area contributed by atoms with Gasteiger partial charge in [-0.1, -0.05) is 30.3 Å². The van der Waals surface area contributed by atoms with Gasteiger partial charge in [-0.15, -0.1) is 0 Å². The number of hydrogen-bond acceptors (Lipinski definition) is 4. The van der Waals surface area contributed by atoms with Gasteiger partial charge in [-0.2, -0.15) is 5.10 Å². The summed E-state index contributed by atoms with van der Waals surface area (Å²) < 4.78 is 7.32. The summed E-state index contributed by atoms with van der Waals surface area (Å²) in [5.41, 5.74) is 1.22. The van der Waals surface area contributed by atoms with Crippen molar-refractivity contribution in [3.63, 3.8) is 0 Å². The van der Waals surface area contributed by atoms with Crippen molar-refractivity contribution in [1.29, 1.82) is 0 Å². The van der Waals surface area contributed by atoms with Crippen molar-refractivity contribution in [3.8, 4) is 0 Å². The minimum Gasteiger partial charge on any atom is -0.394 e. The lowest BCUT2D eigenvalue weighted by atomic mass is 10.2. The molecule has 1 saturated heterocycles. The van der Waals surface area contributed by atoms with Crippen LogP contribution in [0.25, 0.3) is 0 Å². The largest absolute Gasteiger partial charge is 0.394 e. The molecule has 2 aromatic rings. The molecule has 1 aliphatic heterocycles. The summed E-state index contributed by atoms with van der Waals surface area (Å²) in [7, 11) is 0. The second-order valence-corrected chi connectivity index (χ2v) is 4.96. The quantitative estimate of drug-likeness (QED) is 0.907. The van der Waals surface area contributed by atoms with Crippen molar-refractivity contribution in [2.24, 2.45) is 0 Å². The van der Waals surface area contributed by atoms with Crippen molar-refractivity contribution >= 4 is 5.82 Å². The zero-order valence-electron chi connectivity index (χ0n) is 11.4. The Bertz CT molecular complexity index is 541. The van der Waals surface area contributed by atoms with E-state index in [0.717, 1.165) is 18.9 Å². The third-order valence-corrected chi connectivity index (χ3v) is 3.55. The number of anilines is 1. The van der Waals surface area contributed by atoms with E-state index in [2.05, 4.69) is 22.1 Å². The number of hydrogen-bond donors (Lipinski definition) is 1. The van der Waals surface area contributed by atoms with Crippen molar-refractivity contribution in [1.82, 2.24) is 9.78 Å². The highest BCUT2D eigenvalue weighted by Crippen LogP contribution is 2.17. The van der Waals surface area contributed by atoms with Gasteiger partial charge in [-0.25, -0.2) is 0 Å². The predicted molar refractivity (Wildman–Crippen MR) is 76.8 cm³/mol. The molecular weight excluding hydrogens is 254 g/mol. The van der Waals surface area contributed by atoms with E-state index >= 15 is 0 Å². The van der Waals surface area contributed by atoms with E-state index in [1.54, 1.807) is 0 Å². The molecule has 0 spiro atoms. The van der Waals surface area contributed by atoms with Gasteiger partial charge in [0.15, 0.2) is 5.82 Å². The number of rotatable bonds is 4. The molecule has 0 radical (unpaired) electrons. The minimum absolute atomic E-state index is 0.00354. The fourth-order valence-electron chi connectivity index (χ4n) is 2.47. The monoisotopic (exact) mass is 273 g/mol. The first kappa shape index (κ1) is 13.1. The van der Waals surface area contributed by atoms with Gasteiger partial charge in [0.05, 0.1) is 32.4 Å². The molecule has 5 nitrogen and oxygen atoms in total. The van der Waals surface area contributed by atoms with E-state index in [1.165, 1.54) is 5.56 Å². The molecule has 1 N–H and O–H groups in total. The van der Waals surface area contributed by atoms with Gasteiger partial charge >= 0.3 is 0 Å². The Morgan fingerprint density at radius 1 is 1.25 bits per heavy atom. The number of aliphatic hydroxyl groups excluding tert-OH is 1. The minimum atomic E-state index is 0.00354. The summed E-state index contributed by atoms with van der Waals surface area (Å²) in [6.07, 6.45) is 1.98. The standard InChI is InChI=1S/C15H19N3O2/c19-11-14-12-20-9-8-18(14)15-6-7-17(16-15)10-13-4-2-1-3-5-13/h1-7,14,19H,8-12H2. The zero-order valence-corrected chi connectivity index (χ0v) is 11.4. The lowest BCUT2D eigenvalue weighted by Crippen LogP contribution is -2.47. The lowest BCUT2D eigenvalue weighted by Gasteiger charge is -2.34. The van der Waals surface area contributed by atoms with Crippen LogP contribution in [-0.4, -0.2) is 47.3 Å². The van der Waals surface area contributed by atoms with Crippen molar-refractivity contribution in [2.45, 2.75) is 12.6 Å². The molecule has 0 amide bonds. The normalized spacial score (nSPS) is 19.2. The number of morpholine rings is 1. The Hall–Kier alpha value is -1.85. The summed E-state index contributed by atoms with van der Waals surface area (Å²) in [4.78, 5) is 2.12. The van der Waals surface area contributed by atoms with E-state index in [0.29, 0.717) is 13.2 Å². The molecule has 1 aromatic heterocycles. The van der Waals surface area contributed by atoms with Crippen LogP contribution in [0.3, 0.4) is 0 Å². The van der Waals surface area contributed by atoms with Crippen LogP contribution in [-0.2, 0) is 11.3 Å². The van der Waals surface area contributed by atoms with Gasteiger partial charge in [-0.3, -0.25) is 4.68 Å². The zero-order chi connectivity index (χ0) is 13.8. The highest BCUT2D eigenvalue weighted by molar-refractivity contribution is 5.39. The van der Waals surface area contributed by atoms with E-state index in [4.69, 9.17) is 4.74 Å². The van der Waals surface area contributed by atoms with Gasteiger partial charge in [0.1, 0.15) is 0 Å². The van der Waals surface area contributed by atoms with Crippen molar-refractivity contribution in [2.75, 3.05) is 31.3 Å². The van der Waals surface area contributed by atoms with Crippen molar-refractivity contribution < 1.29 is 9.84 Å². The molecule has 1 atom stereocenters. The molecule has 5 heteroatoms. The van der Waals surface area contributed by atoms with Crippen LogP contribution in [0.5, 0.6) is 0 Å². The number of benzene rings is 1. The third-order valence-electron chi connectivity index (χ3n) is 3.55. The lowest BCUT2D eigenvalue weighted by molar-refractivity contribution is 0.0722. The van der Waals surface area contributed by atoms with Crippen molar-refractivity contribution in [3.05, 3.63) is 48.2 Å². The van der Waals surface area contributed by atoms with E-state index in [1.807, 2.05) is 35.1 Å². The second kappa shape index (κ2) is 6.07. The Morgan fingerprint density at radius 3 is 2.90 bits per heavy atom. The molecule has 20 heavy (non-hydrogen) atoms. The predicted octanol–water partition coefficient (Wildman–Crippen LogP) is 1.13. The van der Waals surface area contributed by atoms with Crippen LogP contribution in [0.1, 0.15) is 5.56 Å². The molecule has 0 bridgehead atoms. The molecular formula is C15H19N3O2.